The predicted molar refractivity (Wildman–Crippen MR) is 125 cm³/mol. The fourth-order valence-corrected chi connectivity index (χ4v) is 3.22. The molecule has 1 aliphatic rings. The molecule has 0 fully saturated rings. The van der Waals surface area contributed by atoms with Crippen LogP contribution in [0.4, 0.5) is 0 Å². The second kappa shape index (κ2) is 9.64. The number of benzene rings is 3. The van der Waals surface area contributed by atoms with E-state index in [2.05, 4.69) is 4.99 Å². The van der Waals surface area contributed by atoms with Gasteiger partial charge in [0, 0.05) is 16.7 Å². The van der Waals surface area contributed by atoms with Gasteiger partial charge in [0.05, 0.1) is 10.6 Å². The molecule has 3 aromatic carbocycles. The molecule has 0 atom stereocenters. The summed E-state index contributed by atoms with van der Waals surface area (Å²) >= 11 is 12.0. The smallest absolute Gasteiger partial charge is 0.363 e. The van der Waals surface area contributed by atoms with E-state index in [9.17, 15) is 9.59 Å². The van der Waals surface area contributed by atoms with Crippen molar-refractivity contribution in [2.24, 2.45) is 4.99 Å². The lowest BCUT2D eigenvalue weighted by Crippen LogP contribution is -2.06. The first-order valence-corrected chi connectivity index (χ1v) is 10.3. The number of hydrogen-bond acceptors (Lipinski definition) is 5. The van der Waals surface area contributed by atoms with Crippen LogP contribution in [0, 0.1) is 0 Å². The fourth-order valence-electron chi connectivity index (χ4n) is 2.88. The van der Waals surface area contributed by atoms with Gasteiger partial charge in [-0.05, 0) is 48.0 Å². The Morgan fingerprint density at radius 1 is 0.938 bits per heavy atom. The molecule has 0 aliphatic carbocycles. The summed E-state index contributed by atoms with van der Waals surface area (Å²) in [5, 5.41) is 1.03. The number of halogens is 2. The molecule has 1 heterocycles. The van der Waals surface area contributed by atoms with Gasteiger partial charge in [-0.1, -0.05) is 65.7 Å². The van der Waals surface area contributed by atoms with E-state index >= 15 is 0 Å². The van der Waals surface area contributed by atoms with E-state index in [1.807, 2.05) is 0 Å². The van der Waals surface area contributed by atoms with Crippen LogP contribution in [0.3, 0.4) is 0 Å². The van der Waals surface area contributed by atoms with Crippen molar-refractivity contribution < 1.29 is 19.1 Å². The van der Waals surface area contributed by atoms with Crippen molar-refractivity contribution in [3.63, 3.8) is 0 Å². The minimum atomic E-state index is -0.622. The van der Waals surface area contributed by atoms with Crippen molar-refractivity contribution in [2.75, 3.05) is 0 Å². The Hall–Kier alpha value is -3.67. The molecular weight excluding hydrogens is 449 g/mol. The summed E-state index contributed by atoms with van der Waals surface area (Å²) in [6, 6.07) is 20.8. The molecule has 0 amide bonds. The summed E-state index contributed by atoms with van der Waals surface area (Å²) in [7, 11) is 0. The Bertz CT molecular complexity index is 1280. The quantitative estimate of drug-likeness (QED) is 0.266. The lowest BCUT2D eigenvalue weighted by Gasteiger charge is -2.05. The van der Waals surface area contributed by atoms with Crippen molar-refractivity contribution in [3.05, 3.63) is 111 Å². The third kappa shape index (κ3) is 5.14. The zero-order valence-corrected chi connectivity index (χ0v) is 18.0. The van der Waals surface area contributed by atoms with Crippen LogP contribution in [0.15, 0.2) is 89.6 Å². The minimum absolute atomic E-state index is 0.0696. The van der Waals surface area contributed by atoms with Gasteiger partial charge in [0.1, 0.15) is 5.75 Å². The van der Waals surface area contributed by atoms with Crippen LogP contribution in [-0.4, -0.2) is 17.8 Å². The van der Waals surface area contributed by atoms with Gasteiger partial charge in [-0.25, -0.2) is 14.6 Å². The molecule has 32 heavy (non-hydrogen) atoms. The van der Waals surface area contributed by atoms with Crippen molar-refractivity contribution in [1.82, 2.24) is 0 Å². The molecule has 0 spiro atoms. The first-order chi connectivity index (χ1) is 15.5. The zero-order chi connectivity index (χ0) is 22.5. The van der Waals surface area contributed by atoms with Crippen molar-refractivity contribution >= 4 is 53.2 Å². The molecule has 0 saturated heterocycles. The highest BCUT2D eigenvalue weighted by Crippen LogP contribution is 2.26. The number of nitrogens with zero attached hydrogens (tertiary/aromatic N) is 1. The second-order valence-electron chi connectivity index (χ2n) is 6.66. The van der Waals surface area contributed by atoms with Gasteiger partial charge in [-0.3, -0.25) is 0 Å². The number of carbonyl (C=O) groups excluding carboxylic acids is 2. The number of carbonyl (C=O) groups is 2. The Balaban J connectivity index is 1.55. The molecule has 0 radical (unpaired) electrons. The van der Waals surface area contributed by atoms with E-state index in [0.717, 1.165) is 5.56 Å². The number of para-hydroxylation sites is 1. The highest BCUT2D eigenvalue weighted by molar-refractivity contribution is 6.34. The van der Waals surface area contributed by atoms with Crippen LogP contribution in [0.2, 0.25) is 10.0 Å². The Morgan fingerprint density at radius 2 is 1.66 bits per heavy atom. The summed E-state index contributed by atoms with van der Waals surface area (Å²) in [5.41, 5.74) is 1.88. The maximum Gasteiger partial charge on any atom is 0.363 e. The van der Waals surface area contributed by atoms with Crippen molar-refractivity contribution in [2.45, 2.75) is 0 Å². The third-order valence-corrected chi connectivity index (χ3v) is 5.01. The van der Waals surface area contributed by atoms with Gasteiger partial charge in [0.15, 0.2) is 5.70 Å². The molecule has 5 nitrogen and oxygen atoms in total. The SMILES string of the molecule is O=C(/C=C/c1ccc(Cl)cc1)Oc1ccccc1/C=C1\N=C(c2ccccc2Cl)OC1=O. The van der Waals surface area contributed by atoms with E-state index in [1.54, 1.807) is 78.9 Å². The average molecular weight is 464 g/mol. The van der Waals surface area contributed by atoms with Gasteiger partial charge < -0.3 is 9.47 Å². The van der Waals surface area contributed by atoms with Crippen LogP contribution in [-0.2, 0) is 14.3 Å². The normalized spacial score (nSPS) is 14.5. The predicted octanol–water partition coefficient (Wildman–Crippen LogP) is 5.96. The molecule has 3 aromatic rings. The summed E-state index contributed by atoms with van der Waals surface area (Å²) < 4.78 is 10.7. The second-order valence-corrected chi connectivity index (χ2v) is 7.50. The number of aliphatic imine (C=N–C) groups is 1. The maximum atomic E-state index is 12.3. The Morgan fingerprint density at radius 3 is 2.44 bits per heavy atom. The minimum Gasteiger partial charge on any atom is -0.423 e. The molecule has 0 N–H and O–H groups in total. The number of hydrogen-bond donors (Lipinski definition) is 0. The monoisotopic (exact) mass is 463 g/mol. The van der Waals surface area contributed by atoms with Crippen LogP contribution in [0.25, 0.3) is 12.2 Å². The lowest BCUT2D eigenvalue weighted by molar-refractivity contribution is -0.130. The molecule has 0 saturated carbocycles. The largest absolute Gasteiger partial charge is 0.423 e. The summed E-state index contributed by atoms with van der Waals surface area (Å²) in [4.78, 5) is 28.9. The first kappa shape index (κ1) is 21.6. The standard InChI is InChI=1S/C25H15Cl2NO4/c26-18-12-9-16(10-13-18)11-14-23(29)31-22-8-4-1-5-17(22)15-21-25(30)32-24(28-21)19-6-2-3-7-20(19)27/h1-15H/b14-11+,21-15-. The molecule has 4 rings (SSSR count). The van der Waals surface area contributed by atoms with Gasteiger partial charge in [-0.2, -0.15) is 0 Å². The highest BCUT2D eigenvalue weighted by atomic mass is 35.5. The number of rotatable bonds is 5. The number of esters is 2. The first-order valence-electron chi connectivity index (χ1n) is 9.51. The van der Waals surface area contributed by atoms with E-state index in [0.29, 0.717) is 21.2 Å². The molecular formula is C25H15Cl2NO4. The summed E-state index contributed by atoms with van der Waals surface area (Å²) in [6.45, 7) is 0. The highest BCUT2D eigenvalue weighted by Gasteiger charge is 2.25. The van der Waals surface area contributed by atoms with Gasteiger partial charge in [0.25, 0.3) is 0 Å². The molecule has 158 valence electrons. The van der Waals surface area contributed by atoms with E-state index in [-0.39, 0.29) is 17.3 Å². The summed E-state index contributed by atoms with van der Waals surface area (Å²) in [6.07, 6.45) is 4.43. The zero-order valence-electron chi connectivity index (χ0n) is 16.5. The van der Waals surface area contributed by atoms with E-state index in [4.69, 9.17) is 32.7 Å². The van der Waals surface area contributed by atoms with Gasteiger partial charge >= 0.3 is 11.9 Å². The lowest BCUT2D eigenvalue weighted by atomic mass is 10.1. The molecule has 7 heteroatoms. The summed E-state index contributed by atoms with van der Waals surface area (Å²) in [5.74, 6) is -0.795. The Labute approximate surface area is 194 Å². The van der Waals surface area contributed by atoms with Crippen LogP contribution in [0.5, 0.6) is 5.75 Å². The maximum absolute atomic E-state index is 12.3. The number of cyclic esters (lactones) is 1. The van der Waals surface area contributed by atoms with E-state index in [1.165, 1.54) is 12.2 Å². The molecule has 0 bridgehead atoms. The molecule has 1 aliphatic heterocycles. The van der Waals surface area contributed by atoms with Crippen molar-refractivity contribution in [3.8, 4) is 5.75 Å². The van der Waals surface area contributed by atoms with Gasteiger partial charge in [0.2, 0.25) is 5.90 Å². The van der Waals surface area contributed by atoms with Crippen LogP contribution in [0.1, 0.15) is 16.7 Å². The average Bonchev–Trinajstić information content (AvgIpc) is 3.15. The Kier molecular flexibility index (Phi) is 6.50. The van der Waals surface area contributed by atoms with Crippen LogP contribution < -0.4 is 4.74 Å². The van der Waals surface area contributed by atoms with Gasteiger partial charge in [-0.15, -0.1) is 0 Å². The number of ether oxygens (including phenoxy) is 2. The third-order valence-electron chi connectivity index (χ3n) is 4.43. The molecule has 0 unspecified atom stereocenters. The van der Waals surface area contributed by atoms with Crippen molar-refractivity contribution in [1.29, 1.82) is 0 Å². The van der Waals surface area contributed by atoms with Crippen LogP contribution >= 0.6 is 23.2 Å². The molecule has 0 aromatic heterocycles. The van der Waals surface area contributed by atoms with E-state index < -0.39 is 11.9 Å². The topological polar surface area (TPSA) is 65.0 Å². The fraction of sp³-hybridized carbons (Fsp3) is 0.